The zero-order chi connectivity index (χ0) is 12.3. The van der Waals surface area contributed by atoms with Gasteiger partial charge in [-0.15, -0.1) is 11.6 Å². The zero-order valence-corrected chi connectivity index (χ0v) is 11.7. The van der Waals surface area contributed by atoms with Crippen LogP contribution >= 0.6 is 11.6 Å². The maximum atomic E-state index is 9.86. The number of alkyl halides is 1. The van der Waals surface area contributed by atoms with E-state index in [9.17, 15) is 10.2 Å². The van der Waals surface area contributed by atoms with E-state index in [0.717, 1.165) is 5.56 Å². The van der Waals surface area contributed by atoms with Gasteiger partial charge in [0.05, 0.1) is 20.1 Å². The van der Waals surface area contributed by atoms with Crippen LogP contribution in [-0.2, 0) is 0 Å². The van der Waals surface area contributed by atoms with Gasteiger partial charge in [0.2, 0.25) is 0 Å². The van der Waals surface area contributed by atoms with Gasteiger partial charge in [0, 0.05) is 0 Å². The molecule has 0 aliphatic heterocycles. The molecule has 90 valence electrons. The Bertz CT molecular complexity index is 349. The lowest BCUT2D eigenvalue weighted by molar-refractivity contribution is 0.0328. The summed E-state index contributed by atoms with van der Waals surface area (Å²) in [5, 5.41) is 20.6. The highest BCUT2D eigenvalue weighted by atomic mass is 35.5. The van der Waals surface area contributed by atoms with Crippen molar-refractivity contribution in [2.24, 2.45) is 0 Å². The van der Waals surface area contributed by atoms with Crippen LogP contribution < -0.4 is 5.19 Å². The lowest BCUT2D eigenvalue weighted by Gasteiger charge is -2.21. The van der Waals surface area contributed by atoms with Gasteiger partial charge in [0.25, 0.3) is 0 Å². The average Bonchev–Trinajstić information content (AvgIpc) is 2.26. The standard InChI is InChI=1S/C12H19ClO2Si/c1-16(2,3)10-6-4-5-9(7-10)12(15)11(14)8-13/h4-7,11-12,14-15H,8H2,1-3H3. The van der Waals surface area contributed by atoms with E-state index in [4.69, 9.17) is 11.6 Å². The Hall–Kier alpha value is -0.353. The molecular formula is C12H19ClO2Si. The summed E-state index contributed by atoms with van der Waals surface area (Å²) >= 11 is 5.53. The summed E-state index contributed by atoms with van der Waals surface area (Å²) in [6.07, 6.45) is -1.80. The van der Waals surface area contributed by atoms with Crippen molar-refractivity contribution in [2.75, 3.05) is 5.88 Å². The van der Waals surface area contributed by atoms with Crippen LogP contribution in [0.5, 0.6) is 0 Å². The SMILES string of the molecule is C[Si](C)(C)c1cccc(C(O)C(O)CCl)c1. The van der Waals surface area contributed by atoms with E-state index >= 15 is 0 Å². The lowest BCUT2D eigenvalue weighted by atomic mass is 10.1. The van der Waals surface area contributed by atoms with E-state index in [2.05, 4.69) is 25.7 Å². The second-order valence-corrected chi connectivity index (χ2v) is 10.4. The molecule has 0 aromatic heterocycles. The summed E-state index contributed by atoms with van der Waals surface area (Å²) in [4.78, 5) is 0. The molecule has 1 rings (SSSR count). The number of aliphatic hydroxyl groups is 2. The second-order valence-electron chi connectivity index (χ2n) is 5.04. The zero-order valence-electron chi connectivity index (χ0n) is 9.94. The van der Waals surface area contributed by atoms with Crippen molar-refractivity contribution in [3.63, 3.8) is 0 Å². The molecule has 1 aromatic carbocycles. The lowest BCUT2D eigenvalue weighted by Crippen LogP contribution is -2.38. The van der Waals surface area contributed by atoms with Crippen LogP contribution in [0.1, 0.15) is 11.7 Å². The first-order valence-electron chi connectivity index (χ1n) is 5.39. The molecule has 0 aliphatic rings. The Labute approximate surface area is 103 Å². The highest BCUT2D eigenvalue weighted by Gasteiger charge is 2.21. The summed E-state index contributed by atoms with van der Waals surface area (Å²) in [5.74, 6) is 0.0400. The Kier molecular flexibility index (Phi) is 4.56. The van der Waals surface area contributed by atoms with E-state index in [1.807, 2.05) is 18.2 Å². The van der Waals surface area contributed by atoms with Crippen LogP contribution in [0.4, 0.5) is 0 Å². The molecule has 0 heterocycles. The average molecular weight is 259 g/mol. The molecule has 0 radical (unpaired) electrons. The van der Waals surface area contributed by atoms with E-state index in [1.165, 1.54) is 5.19 Å². The van der Waals surface area contributed by atoms with Gasteiger partial charge in [-0.3, -0.25) is 0 Å². The largest absolute Gasteiger partial charge is 0.389 e. The summed E-state index contributed by atoms with van der Waals surface area (Å²) in [6.45, 7) is 6.74. The summed E-state index contributed by atoms with van der Waals surface area (Å²) in [5.41, 5.74) is 0.744. The first kappa shape index (κ1) is 13.7. The molecule has 2 N–H and O–H groups in total. The Morgan fingerprint density at radius 2 is 1.88 bits per heavy atom. The van der Waals surface area contributed by atoms with Gasteiger partial charge in [-0.1, -0.05) is 49.1 Å². The molecule has 0 aliphatic carbocycles. The smallest absolute Gasteiger partial charge is 0.106 e. The third kappa shape index (κ3) is 3.32. The molecule has 0 saturated carbocycles. The highest BCUT2D eigenvalue weighted by Crippen LogP contribution is 2.17. The Morgan fingerprint density at radius 1 is 1.25 bits per heavy atom. The fraction of sp³-hybridized carbons (Fsp3) is 0.500. The Balaban J connectivity index is 2.99. The van der Waals surface area contributed by atoms with Gasteiger partial charge >= 0.3 is 0 Å². The number of halogens is 1. The molecule has 0 saturated heterocycles. The van der Waals surface area contributed by atoms with Gasteiger partial charge in [0.15, 0.2) is 0 Å². The maximum Gasteiger partial charge on any atom is 0.106 e. The number of benzene rings is 1. The van der Waals surface area contributed by atoms with Crippen molar-refractivity contribution in [2.45, 2.75) is 31.8 Å². The van der Waals surface area contributed by atoms with Crippen LogP contribution in [0.2, 0.25) is 19.6 Å². The molecule has 16 heavy (non-hydrogen) atoms. The van der Waals surface area contributed by atoms with Crippen LogP contribution in [0, 0.1) is 0 Å². The molecule has 2 atom stereocenters. The van der Waals surface area contributed by atoms with Crippen molar-refractivity contribution in [1.82, 2.24) is 0 Å². The monoisotopic (exact) mass is 258 g/mol. The van der Waals surface area contributed by atoms with E-state index in [0.29, 0.717) is 0 Å². The summed E-state index contributed by atoms with van der Waals surface area (Å²) in [6, 6.07) is 7.80. The van der Waals surface area contributed by atoms with Crippen LogP contribution in [0.25, 0.3) is 0 Å². The topological polar surface area (TPSA) is 40.5 Å². The second kappa shape index (κ2) is 5.32. The predicted octanol–water partition coefficient (Wildman–Crippen LogP) is 1.86. The van der Waals surface area contributed by atoms with E-state index in [1.54, 1.807) is 0 Å². The number of aliphatic hydroxyl groups excluding tert-OH is 2. The first-order chi connectivity index (χ1) is 7.36. The quantitative estimate of drug-likeness (QED) is 0.639. The molecular weight excluding hydrogens is 240 g/mol. The van der Waals surface area contributed by atoms with Crippen LogP contribution in [0.15, 0.2) is 24.3 Å². The Morgan fingerprint density at radius 3 is 2.38 bits per heavy atom. The van der Waals surface area contributed by atoms with Gasteiger partial charge in [-0.2, -0.15) is 0 Å². The number of rotatable bonds is 4. The molecule has 2 unspecified atom stereocenters. The molecule has 0 spiro atoms. The normalized spacial score (nSPS) is 15.9. The van der Waals surface area contributed by atoms with Crippen molar-refractivity contribution in [1.29, 1.82) is 0 Å². The molecule has 1 aromatic rings. The fourth-order valence-corrected chi connectivity index (χ4v) is 2.86. The maximum absolute atomic E-state index is 9.86. The third-order valence-corrected chi connectivity index (χ3v) is 4.98. The number of hydrogen-bond donors (Lipinski definition) is 2. The van der Waals surface area contributed by atoms with Gasteiger partial charge in [-0.05, 0) is 5.56 Å². The molecule has 2 nitrogen and oxygen atoms in total. The van der Waals surface area contributed by atoms with E-state index < -0.39 is 20.3 Å². The first-order valence-corrected chi connectivity index (χ1v) is 9.42. The number of hydrogen-bond acceptors (Lipinski definition) is 2. The fourth-order valence-electron chi connectivity index (χ4n) is 1.50. The minimum atomic E-state index is -1.38. The predicted molar refractivity (Wildman–Crippen MR) is 71.1 cm³/mol. The molecule has 0 amide bonds. The van der Waals surface area contributed by atoms with Gasteiger partial charge in [-0.25, -0.2) is 0 Å². The summed E-state index contributed by atoms with van der Waals surface area (Å²) in [7, 11) is -1.38. The van der Waals surface area contributed by atoms with Crippen LogP contribution in [-0.4, -0.2) is 30.3 Å². The van der Waals surface area contributed by atoms with E-state index in [-0.39, 0.29) is 5.88 Å². The molecule has 0 bridgehead atoms. The van der Waals surface area contributed by atoms with Crippen molar-refractivity contribution < 1.29 is 10.2 Å². The minimum Gasteiger partial charge on any atom is -0.389 e. The minimum absolute atomic E-state index is 0.0400. The van der Waals surface area contributed by atoms with Crippen LogP contribution in [0.3, 0.4) is 0 Å². The molecule has 0 fully saturated rings. The van der Waals surface area contributed by atoms with Crippen molar-refractivity contribution in [3.05, 3.63) is 29.8 Å². The van der Waals surface area contributed by atoms with Gasteiger partial charge < -0.3 is 10.2 Å². The van der Waals surface area contributed by atoms with Gasteiger partial charge in [0.1, 0.15) is 6.10 Å². The highest BCUT2D eigenvalue weighted by molar-refractivity contribution is 6.88. The third-order valence-electron chi connectivity index (χ3n) is 2.62. The van der Waals surface area contributed by atoms with Crippen molar-refractivity contribution >= 4 is 24.9 Å². The summed E-state index contributed by atoms with van der Waals surface area (Å²) < 4.78 is 0. The molecule has 4 heteroatoms. The van der Waals surface area contributed by atoms with Crippen molar-refractivity contribution in [3.8, 4) is 0 Å².